The van der Waals surface area contributed by atoms with Crippen molar-refractivity contribution < 1.29 is 4.74 Å². The Balaban J connectivity index is 1.77. The lowest BCUT2D eigenvalue weighted by molar-refractivity contribution is 0.224. The summed E-state index contributed by atoms with van der Waals surface area (Å²) in [6.07, 6.45) is 2.30. The monoisotopic (exact) mass is 315 g/mol. The van der Waals surface area contributed by atoms with Crippen LogP contribution in [-0.2, 0) is 0 Å². The molecule has 4 heteroatoms. The number of hydrogen-bond acceptors (Lipinski definition) is 4. The van der Waals surface area contributed by atoms with Gasteiger partial charge in [0.15, 0.2) is 0 Å². The molecule has 0 radical (unpaired) electrons. The summed E-state index contributed by atoms with van der Waals surface area (Å²) in [5.41, 5.74) is 5.97. The Morgan fingerprint density at radius 1 is 1.35 bits per heavy atom. The molecule has 0 amide bonds. The summed E-state index contributed by atoms with van der Waals surface area (Å²) < 4.78 is 6.06. The fourth-order valence-electron chi connectivity index (χ4n) is 3.54. The summed E-state index contributed by atoms with van der Waals surface area (Å²) in [4.78, 5) is 2.57. The highest BCUT2D eigenvalue weighted by atomic mass is 16.5. The molecule has 0 aromatic heterocycles. The number of fused-ring (bicyclic) bond motifs is 1. The van der Waals surface area contributed by atoms with Gasteiger partial charge in [-0.25, -0.2) is 0 Å². The first-order valence-corrected chi connectivity index (χ1v) is 8.95. The molecule has 2 heterocycles. The molecule has 0 spiro atoms. The predicted molar refractivity (Wildman–Crippen MR) is 94.9 cm³/mol. The number of nitrogens with zero attached hydrogens (tertiary/aromatic N) is 2. The van der Waals surface area contributed by atoms with Crippen LogP contribution in [0.1, 0.15) is 45.2 Å². The van der Waals surface area contributed by atoms with Gasteiger partial charge in [-0.1, -0.05) is 39.0 Å². The summed E-state index contributed by atoms with van der Waals surface area (Å²) in [7, 11) is 0. The highest BCUT2D eigenvalue weighted by Crippen LogP contribution is 2.36. The molecular weight excluding hydrogens is 286 g/mol. The third-order valence-corrected chi connectivity index (χ3v) is 4.68. The van der Waals surface area contributed by atoms with Gasteiger partial charge in [0.1, 0.15) is 5.75 Å². The third kappa shape index (κ3) is 3.69. The largest absolute Gasteiger partial charge is 0.493 e. The normalized spacial score (nSPS) is 24.3. The topological polar surface area (TPSA) is 36.9 Å². The minimum atomic E-state index is 0.244. The van der Waals surface area contributed by atoms with Crippen LogP contribution in [0.25, 0.3) is 0 Å². The van der Waals surface area contributed by atoms with E-state index in [4.69, 9.17) is 4.74 Å². The maximum atomic E-state index is 6.06. The lowest BCUT2D eigenvalue weighted by Crippen LogP contribution is -2.42. The van der Waals surface area contributed by atoms with E-state index in [1.807, 2.05) is 0 Å². The van der Waals surface area contributed by atoms with Gasteiger partial charge in [-0.2, -0.15) is 5.10 Å². The SMILES string of the molecule is CCCN1CCC2=NNC(c3ccccc3OCC(C)C)C2C1. The summed E-state index contributed by atoms with van der Waals surface area (Å²) >= 11 is 0. The highest BCUT2D eigenvalue weighted by Gasteiger charge is 2.37. The molecule has 2 unspecified atom stereocenters. The summed E-state index contributed by atoms with van der Waals surface area (Å²) in [6, 6.07) is 8.67. The standard InChI is InChI=1S/C19H29N3O/c1-4-10-22-11-9-17-16(12-22)19(21-20-17)15-7-5-6-8-18(15)23-13-14(2)3/h5-8,14,16,19,21H,4,9-13H2,1-3H3. The third-order valence-electron chi connectivity index (χ3n) is 4.68. The molecule has 1 N–H and O–H groups in total. The highest BCUT2D eigenvalue weighted by molar-refractivity contribution is 5.90. The van der Waals surface area contributed by atoms with E-state index in [-0.39, 0.29) is 6.04 Å². The van der Waals surface area contributed by atoms with E-state index in [1.165, 1.54) is 24.2 Å². The molecule has 1 aromatic carbocycles. The average molecular weight is 315 g/mol. The zero-order chi connectivity index (χ0) is 16.2. The number of nitrogens with one attached hydrogen (secondary N) is 1. The lowest BCUT2D eigenvalue weighted by atomic mass is 9.86. The van der Waals surface area contributed by atoms with E-state index in [2.05, 4.69) is 60.5 Å². The number of ether oxygens (including phenoxy) is 1. The van der Waals surface area contributed by atoms with Crippen molar-refractivity contribution in [1.82, 2.24) is 10.3 Å². The Morgan fingerprint density at radius 3 is 2.96 bits per heavy atom. The van der Waals surface area contributed by atoms with Crippen molar-refractivity contribution in [3.8, 4) is 5.75 Å². The van der Waals surface area contributed by atoms with Gasteiger partial charge in [0.05, 0.1) is 12.6 Å². The van der Waals surface area contributed by atoms with Crippen LogP contribution >= 0.6 is 0 Å². The van der Waals surface area contributed by atoms with Crippen LogP contribution in [-0.4, -0.2) is 36.9 Å². The Labute approximate surface area is 139 Å². The maximum absolute atomic E-state index is 6.06. The van der Waals surface area contributed by atoms with Gasteiger partial charge < -0.3 is 15.1 Å². The Kier molecular flexibility index (Phi) is 5.21. The first-order valence-electron chi connectivity index (χ1n) is 8.95. The Bertz CT molecular complexity index is 555. The minimum absolute atomic E-state index is 0.244. The number of rotatable bonds is 6. The van der Waals surface area contributed by atoms with Gasteiger partial charge in [0.2, 0.25) is 0 Å². The average Bonchev–Trinajstić information content (AvgIpc) is 2.96. The molecule has 23 heavy (non-hydrogen) atoms. The zero-order valence-corrected chi connectivity index (χ0v) is 14.6. The summed E-state index contributed by atoms with van der Waals surface area (Å²) in [5, 5.41) is 4.63. The van der Waals surface area contributed by atoms with Crippen LogP contribution in [0, 0.1) is 11.8 Å². The van der Waals surface area contributed by atoms with Crippen molar-refractivity contribution in [2.45, 2.75) is 39.7 Å². The molecule has 2 atom stereocenters. The Morgan fingerprint density at radius 2 is 2.17 bits per heavy atom. The van der Waals surface area contributed by atoms with Crippen LogP contribution in [0.15, 0.2) is 29.4 Å². The molecule has 0 saturated carbocycles. The molecule has 1 saturated heterocycles. The number of likely N-dealkylation sites (tertiary alicyclic amines) is 1. The van der Waals surface area contributed by atoms with E-state index < -0.39 is 0 Å². The van der Waals surface area contributed by atoms with Gasteiger partial charge in [0.25, 0.3) is 0 Å². The van der Waals surface area contributed by atoms with Crippen LogP contribution in [0.3, 0.4) is 0 Å². The fourth-order valence-corrected chi connectivity index (χ4v) is 3.54. The number of piperidine rings is 1. The van der Waals surface area contributed by atoms with Crippen molar-refractivity contribution in [1.29, 1.82) is 0 Å². The molecule has 0 aliphatic carbocycles. The van der Waals surface area contributed by atoms with Crippen molar-refractivity contribution in [3.63, 3.8) is 0 Å². The molecule has 1 fully saturated rings. The smallest absolute Gasteiger partial charge is 0.124 e. The second-order valence-electron chi connectivity index (χ2n) is 7.11. The van der Waals surface area contributed by atoms with Crippen molar-refractivity contribution >= 4 is 5.71 Å². The molecule has 1 aromatic rings. The van der Waals surface area contributed by atoms with Gasteiger partial charge in [-0.15, -0.1) is 0 Å². The van der Waals surface area contributed by atoms with E-state index in [0.29, 0.717) is 11.8 Å². The fraction of sp³-hybridized carbons (Fsp3) is 0.632. The second-order valence-corrected chi connectivity index (χ2v) is 7.11. The van der Waals surface area contributed by atoms with E-state index >= 15 is 0 Å². The predicted octanol–water partition coefficient (Wildman–Crippen LogP) is 3.45. The van der Waals surface area contributed by atoms with E-state index in [9.17, 15) is 0 Å². The number of hydrogen-bond donors (Lipinski definition) is 1. The number of benzene rings is 1. The number of para-hydroxylation sites is 1. The Hall–Kier alpha value is -1.55. The summed E-state index contributed by atoms with van der Waals surface area (Å²) in [5.74, 6) is 2.00. The van der Waals surface area contributed by atoms with Crippen LogP contribution in [0.4, 0.5) is 0 Å². The second kappa shape index (κ2) is 7.35. The molecule has 4 nitrogen and oxygen atoms in total. The minimum Gasteiger partial charge on any atom is -0.493 e. The maximum Gasteiger partial charge on any atom is 0.124 e. The first kappa shape index (κ1) is 16.3. The first-order chi connectivity index (χ1) is 11.2. The molecule has 2 aliphatic heterocycles. The van der Waals surface area contributed by atoms with Crippen molar-refractivity contribution in [2.75, 3.05) is 26.2 Å². The van der Waals surface area contributed by atoms with Crippen LogP contribution in [0.5, 0.6) is 5.75 Å². The van der Waals surface area contributed by atoms with Gasteiger partial charge >= 0.3 is 0 Å². The zero-order valence-electron chi connectivity index (χ0n) is 14.6. The molecule has 2 aliphatic rings. The molecule has 3 rings (SSSR count). The molecular formula is C19H29N3O. The lowest BCUT2D eigenvalue weighted by Gasteiger charge is -2.33. The quantitative estimate of drug-likeness (QED) is 0.873. The molecule has 126 valence electrons. The van der Waals surface area contributed by atoms with Crippen molar-refractivity contribution in [3.05, 3.63) is 29.8 Å². The van der Waals surface area contributed by atoms with Gasteiger partial charge in [-0.05, 0) is 24.9 Å². The number of hydrazone groups is 1. The van der Waals surface area contributed by atoms with Gasteiger partial charge in [-0.3, -0.25) is 0 Å². The van der Waals surface area contributed by atoms with E-state index in [1.54, 1.807) is 0 Å². The van der Waals surface area contributed by atoms with Crippen molar-refractivity contribution in [2.24, 2.45) is 16.9 Å². The van der Waals surface area contributed by atoms with E-state index in [0.717, 1.165) is 31.9 Å². The van der Waals surface area contributed by atoms with Crippen LogP contribution in [0.2, 0.25) is 0 Å². The van der Waals surface area contributed by atoms with Gasteiger partial charge in [0, 0.05) is 36.7 Å². The molecule has 0 bridgehead atoms. The van der Waals surface area contributed by atoms with Crippen LogP contribution < -0.4 is 10.2 Å². The summed E-state index contributed by atoms with van der Waals surface area (Å²) in [6.45, 7) is 10.8.